The van der Waals surface area contributed by atoms with Crippen molar-refractivity contribution in [3.05, 3.63) is 30.3 Å². The highest BCUT2D eigenvalue weighted by Gasteiger charge is 2.13. The Bertz CT molecular complexity index is 263. The Morgan fingerprint density at radius 3 is 2.80 bits per heavy atom. The molecule has 1 atom stereocenters. The molecule has 1 aliphatic heterocycles. The van der Waals surface area contributed by atoms with E-state index in [-0.39, 0.29) is 18.5 Å². The van der Waals surface area contributed by atoms with E-state index < -0.39 is 0 Å². The molecule has 0 amide bonds. The van der Waals surface area contributed by atoms with Gasteiger partial charge >= 0.3 is 0 Å². The number of morpholine rings is 1. The molecule has 1 aromatic carbocycles. The van der Waals surface area contributed by atoms with Gasteiger partial charge in [0.2, 0.25) is 0 Å². The van der Waals surface area contributed by atoms with E-state index in [1.54, 1.807) is 0 Å². The van der Waals surface area contributed by atoms with Gasteiger partial charge in [0, 0.05) is 13.1 Å². The molecule has 1 heterocycles. The predicted octanol–water partition coefficient (Wildman–Crippen LogP) is 1.48. The van der Waals surface area contributed by atoms with E-state index in [9.17, 15) is 0 Å². The summed E-state index contributed by atoms with van der Waals surface area (Å²) in [4.78, 5) is 0. The van der Waals surface area contributed by atoms with Crippen LogP contribution < -0.4 is 10.1 Å². The zero-order valence-electron chi connectivity index (χ0n) is 8.52. The van der Waals surface area contributed by atoms with Crippen molar-refractivity contribution in [3.8, 4) is 5.75 Å². The molecule has 0 spiro atoms. The van der Waals surface area contributed by atoms with Gasteiger partial charge in [-0.1, -0.05) is 18.2 Å². The van der Waals surface area contributed by atoms with E-state index in [1.807, 2.05) is 30.3 Å². The average molecular weight is 230 g/mol. The van der Waals surface area contributed by atoms with Crippen molar-refractivity contribution >= 4 is 12.4 Å². The number of nitrogens with one attached hydrogen (secondary N) is 1. The number of halogens is 1. The largest absolute Gasteiger partial charge is 0.491 e. The molecule has 1 fully saturated rings. The molecule has 0 saturated carbocycles. The minimum atomic E-state index is 0. The molecule has 1 N–H and O–H groups in total. The van der Waals surface area contributed by atoms with Crippen LogP contribution in [0.25, 0.3) is 0 Å². The maximum atomic E-state index is 5.58. The van der Waals surface area contributed by atoms with Crippen molar-refractivity contribution in [2.45, 2.75) is 6.10 Å². The van der Waals surface area contributed by atoms with Crippen LogP contribution in [-0.2, 0) is 4.74 Å². The second kappa shape index (κ2) is 6.67. The molecule has 15 heavy (non-hydrogen) atoms. The van der Waals surface area contributed by atoms with Gasteiger partial charge in [-0.15, -0.1) is 12.4 Å². The first-order chi connectivity index (χ1) is 6.95. The van der Waals surface area contributed by atoms with Crippen LogP contribution in [0.15, 0.2) is 30.3 Å². The molecule has 84 valence electrons. The second-order valence-electron chi connectivity index (χ2n) is 3.32. The third kappa shape index (κ3) is 4.08. The maximum Gasteiger partial charge on any atom is 0.119 e. The monoisotopic (exact) mass is 229 g/mol. The molecule has 0 bridgehead atoms. The van der Waals surface area contributed by atoms with Crippen molar-refractivity contribution in [2.75, 3.05) is 26.3 Å². The Hall–Kier alpha value is -0.770. The van der Waals surface area contributed by atoms with Gasteiger partial charge in [-0.3, -0.25) is 0 Å². The summed E-state index contributed by atoms with van der Waals surface area (Å²) >= 11 is 0. The lowest BCUT2D eigenvalue weighted by Crippen LogP contribution is -2.41. The molecule has 2 rings (SSSR count). The van der Waals surface area contributed by atoms with Crippen molar-refractivity contribution < 1.29 is 9.47 Å². The summed E-state index contributed by atoms with van der Waals surface area (Å²) in [5.41, 5.74) is 0. The van der Waals surface area contributed by atoms with Gasteiger partial charge in [-0.2, -0.15) is 0 Å². The van der Waals surface area contributed by atoms with Crippen LogP contribution in [0.1, 0.15) is 0 Å². The lowest BCUT2D eigenvalue weighted by atomic mass is 10.3. The van der Waals surface area contributed by atoms with Gasteiger partial charge in [0.05, 0.1) is 6.61 Å². The van der Waals surface area contributed by atoms with E-state index in [0.717, 1.165) is 25.4 Å². The molecule has 0 aliphatic carbocycles. The van der Waals surface area contributed by atoms with Gasteiger partial charge in [-0.25, -0.2) is 0 Å². The summed E-state index contributed by atoms with van der Waals surface area (Å²) in [5.74, 6) is 0.904. The molecule has 1 unspecified atom stereocenters. The Morgan fingerprint density at radius 2 is 2.13 bits per heavy atom. The summed E-state index contributed by atoms with van der Waals surface area (Å²) in [6, 6.07) is 9.82. The van der Waals surface area contributed by atoms with Crippen LogP contribution in [0.4, 0.5) is 0 Å². The Labute approximate surface area is 96.2 Å². The van der Waals surface area contributed by atoms with Crippen LogP contribution in [-0.4, -0.2) is 32.4 Å². The molecule has 0 aromatic heterocycles. The third-order valence-corrected chi connectivity index (χ3v) is 2.18. The Balaban J connectivity index is 0.00000112. The number of benzene rings is 1. The van der Waals surface area contributed by atoms with Gasteiger partial charge in [0.15, 0.2) is 0 Å². The molecule has 4 heteroatoms. The van der Waals surface area contributed by atoms with E-state index in [4.69, 9.17) is 9.47 Å². The summed E-state index contributed by atoms with van der Waals surface area (Å²) in [6.07, 6.45) is 0.184. The summed E-state index contributed by atoms with van der Waals surface area (Å²) in [7, 11) is 0. The number of hydrogen-bond acceptors (Lipinski definition) is 3. The number of hydrogen-bond donors (Lipinski definition) is 1. The topological polar surface area (TPSA) is 30.5 Å². The third-order valence-electron chi connectivity index (χ3n) is 2.18. The van der Waals surface area contributed by atoms with Crippen molar-refractivity contribution in [1.29, 1.82) is 0 Å². The fourth-order valence-electron chi connectivity index (χ4n) is 1.43. The standard InChI is InChI=1S/C11H15NO2.ClH/c1-2-4-10(5-3-1)14-9-11-8-12-6-7-13-11;/h1-5,11-12H,6-9H2;1H. The van der Waals surface area contributed by atoms with Crippen LogP contribution in [0.5, 0.6) is 5.75 Å². The highest BCUT2D eigenvalue weighted by Crippen LogP contribution is 2.09. The lowest BCUT2D eigenvalue weighted by molar-refractivity contribution is 0.000196. The van der Waals surface area contributed by atoms with Crippen LogP contribution in [0.2, 0.25) is 0 Å². The van der Waals surface area contributed by atoms with Gasteiger partial charge in [-0.05, 0) is 12.1 Å². The van der Waals surface area contributed by atoms with Crippen LogP contribution >= 0.6 is 12.4 Å². The van der Waals surface area contributed by atoms with Crippen LogP contribution in [0.3, 0.4) is 0 Å². The number of rotatable bonds is 3. The fourth-order valence-corrected chi connectivity index (χ4v) is 1.43. The van der Waals surface area contributed by atoms with Crippen LogP contribution in [0, 0.1) is 0 Å². The zero-order chi connectivity index (χ0) is 9.64. The SMILES string of the molecule is Cl.c1ccc(OCC2CNCCO2)cc1. The summed E-state index contributed by atoms with van der Waals surface area (Å²) in [6.45, 7) is 3.23. The van der Waals surface area contributed by atoms with Crippen molar-refractivity contribution in [2.24, 2.45) is 0 Å². The normalized spacial score (nSPS) is 20.4. The molecule has 1 aliphatic rings. The Morgan fingerprint density at radius 1 is 1.33 bits per heavy atom. The maximum absolute atomic E-state index is 5.58. The van der Waals surface area contributed by atoms with Gasteiger partial charge in [0.25, 0.3) is 0 Å². The van der Waals surface area contributed by atoms with Gasteiger partial charge < -0.3 is 14.8 Å². The molecular weight excluding hydrogens is 214 g/mol. The predicted molar refractivity (Wildman–Crippen MR) is 61.8 cm³/mol. The highest BCUT2D eigenvalue weighted by atomic mass is 35.5. The summed E-state index contributed by atoms with van der Waals surface area (Å²) < 4.78 is 11.1. The van der Waals surface area contributed by atoms with E-state index >= 15 is 0 Å². The van der Waals surface area contributed by atoms with E-state index in [1.165, 1.54) is 0 Å². The molecule has 1 saturated heterocycles. The highest BCUT2D eigenvalue weighted by molar-refractivity contribution is 5.85. The molecular formula is C11H16ClNO2. The molecule has 0 radical (unpaired) electrons. The smallest absolute Gasteiger partial charge is 0.119 e. The van der Waals surface area contributed by atoms with Crippen molar-refractivity contribution in [3.63, 3.8) is 0 Å². The van der Waals surface area contributed by atoms with Crippen molar-refractivity contribution in [1.82, 2.24) is 5.32 Å². The first kappa shape index (κ1) is 12.3. The minimum Gasteiger partial charge on any atom is -0.491 e. The average Bonchev–Trinajstić information content (AvgIpc) is 2.29. The first-order valence-electron chi connectivity index (χ1n) is 4.95. The van der Waals surface area contributed by atoms with E-state index in [2.05, 4.69) is 5.32 Å². The second-order valence-corrected chi connectivity index (χ2v) is 3.32. The summed E-state index contributed by atoms with van der Waals surface area (Å²) in [5, 5.41) is 3.27. The Kier molecular flexibility index (Phi) is 5.47. The van der Waals surface area contributed by atoms with Gasteiger partial charge in [0.1, 0.15) is 18.5 Å². The first-order valence-corrected chi connectivity index (χ1v) is 4.95. The van der Waals surface area contributed by atoms with E-state index in [0.29, 0.717) is 6.61 Å². The zero-order valence-corrected chi connectivity index (χ0v) is 9.33. The number of ether oxygens (including phenoxy) is 2. The quantitative estimate of drug-likeness (QED) is 0.852. The molecule has 1 aromatic rings. The number of para-hydroxylation sites is 1. The fraction of sp³-hybridized carbons (Fsp3) is 0.455. The molecule has 3 nitrogen and oxygen atoms in total. The minimum absolute atomic E-state index is 0. The lowest BCUT2D eigenvalue weighted by Gasteiger charge is -2.23.